The number of aryl methyl sites for hydroxylation is 1. The molecule has 14 nitrogen and oxygen atoms in total. The number of amides is 4. The molecule has 0 radical (unpaired) electrons. The van der Waals surface area contributed by atoms with E-state index < -0.39 is 49.1 Å². The van der Waals surface area contributed by atoms with Crippen molar-refractivity contribution in [2.45, 2.75) is 63.6 Å². The van der Waals surface area contributed by atoms with Gasteiger partial charge >= 0.3 is 13.9 Å². The lowest BCUT2D eigenvalue weighted by atomic mass is 9.78. The molecule has 53 heavy (non-hydrogen) atoms. The molecule has 3 aromatic carbocycles. The summed E-state index contributed by atoms with van der Waals surface area (Å²) in [5.74, 6) is -3.67. The molecule has 17 heteroatoms. The number of phosphoric ester groups is 1. The fraction of sp³-hybridized carbons (Fsp3) is 0.333. The lowest BCUT2D eigenvalue weighted by molar-refractivity contribution is -0.137. The molecule has 0 bridgehead atoms. The Morgan fingerprint density at radius 3 is 2.40 bits per heavy atom. The van der Waals surface area contributed by atoms with Crippen molar-refractivity contribution in [2.24, 2.45) is 11.7 Å². The van der Waals surface area contributed by atoms with Crippen LogP contribution in [0.3, 0.4) is 0 Å². The second kappa shape index (κ2) is 16.6. The number of phosphoric acid groups is 1. The number of carbonyl (C=O) groups is 4. The molecule has 0 saturated heterocycles. The molecule has 4 amide bonds. The van der Waals surface area contributed by atoms with E-state index in [2.05, 4.69) is 25.5 Å². The third-order valence-electron chi connectivity index (χ3n) is 9.39. The topological polar surface area (TPSA) is 222 Å². The number of benzene rings is 3. The molecule has 8 N–H and O–H groups in total. The number of carbonyl (C=O) groups excluding carboxylic acids is 4. The number of alkyl carbamates (subject to hydrolysis) is 1. The number of aromatic amines is 1. The molecule has 282 valence electrons. The molecule has 1 heterocycles. The van der Waals surface area contributed by atoms with Crippen LogP contribution in [-0.4, -0.2) is 56.7 Å². The minimum absolute atomic E-state index is 0.0170. The summed E-state index contributed by atoms with van der Waals surface area (Å²) in [6.07, 6.45) is 0.118. The van der Waals surface area contributed by atoms with Gasteiger partial charge in [-0.2, -0.15) is 0 Å². The molecule has 4 atom stereocenters. The number of nitrogens with one attached hydrogen (secondary N) is 4. The molecule has 0 aliphatic heterocycles. The van der Waals surface area contributed by atoms with Crippen molar-refractivity contribution in [3.63, 3.8) is 0 Å². The van der Waals surface area contributed by atoms with Crippen molar-refractivity contribution in [3.8, 4) is 5.75 Å². The summed E-state index contributed by atoms with van der Waals surface area (Å²) in [6.45, 7) is 3.31. The molecule has 1 unspecified atom stereocenters. The van der Waals surface area contributed by atoms with Crippen LogP contribution in [0.1, 0.15) is 55.0 Å². The van der Waals surface area contributed by atoms with Gasteiger partial charge in [-0.1, -0.05) is 85.9 Å². The van der Waals surface area contributed by atoms with E-state index in [0.29, 0.717) is 44.9 Å². The minimum atomic E-state index is -4.87. The first-order valence-electron chi connectivity index (χ1n) is 16.8. The maximum Gasteiger partial charge on any atom is 0.524 e. The normalized spacial score (nSPS) is 17.2. The summed E-state index contributed by atoms with van der Waals surface area (Å²) in [6, 6.07) is 16.6. The van der Waals surface area contributed by atoms with Crippen LogP contribution in [0, 0.1) is 5.92 Å². The Morgan fingerprint density at radius 1 is 1.06 bits per heavy atom. The lowest BCUT2D eigenvalue weighted by Gasteiger charge is -2.39. The standard InChI is InChI=1S/C36H40Cl2N5O9P/c1-3-20(2)30(32(39)44)42-34(46)36(14-13-29-26(17-36)25-15-23(37)16-28(38)31(25)41-29)43-33(45)27(22-9-11-24(12-10-22)52-53(48,49)50)18-40-35(47)51-19-21-7-5-4-6-8-21/h4-12,15-16,20,27,30,41H,3,13-14,17-19H2,1-2H3,(H2,39,44)(H,40,47)(H,42,46)(H,43,45)(H2,48,49,50)/t20?,27-,30+,36-/m1/s1. The predicted molar refractivity (Wildman–Crippen MR) is 198 cm³/mol. The SMILES string of the molecule is CCC(C)[C@H](NC(=O)[C@@]1(NC(=O)[C@H](CNC(=O)OCc2ccccc2)c2ccc(OP(=O)(O)O)cc2)CCc2[nH]c3c(Cl)cc(Cl)cc3c2C1)C(N)=O. The fourth-order valence-electron chi connectivity index (χ4n) is 6.38. The van der Waals surface area contributed by atoms with Crippen molar-refractivity contribution in [3.05, 3.63) is 99.2 Å². The number of hydrogen-bond acceptors (Lipinski definition) is 7. The predicted octanol–water partition coefficient (Wildman–Crippen LogP) is 5.02. The molecule has 0 saturated carbocycles. The molecular formula is C36H40Cl2N5O9P. The van der Waals surface area contributed by atoms with Gasteiger partial charge < -0.3 is 35.9 Å². The Kier molecular flexibility index (Phi) is 12.4. The van der Waals surface area contributed by atoms with Crippen molar-refractivity contribution in [2.75, 3.05) is 6.54 Å². The number of rotatable bonds is 14. The minimum Gasteiger partial charge on any atom is -0.445 e. The highest BCUT2D eigenvalue weighted by atomic mass is 35.5. The molecule has 1 aliphatic carbocycles. The molecular weight excluding hydrogens is 748 g/mol. The Morgan fingerprint density at radius 2 is 1.75 bits per heavy atom. The first-order chi connectivity index (χ1) is 25.1. The van der Waals surface area contributed by atoms with Gasteiger partial charge in [0.25, 0.3) is 0 Å². The maximum absolute atomic E-state index is 14.5. The van der Waals surface area contributed by atoms with Crippen LogP contribution in [0.4, 0.5) is 4.79 Å². The van der Waals surface area contributed by atoms with Gasteiger partial charge in [0, 0.05) is 29.1 Å². The number of ether oxygens (including phenoxy) is 1. The van der Waals surface area contributed by atoms with Gasteiger partial charge in [-0.3, -0.25) is 24.2 Å². The van der Waals surface area contributed by atoms with E-state index in [1.54, 1.807) is 43.3 Å². The monoisotopic (exact) mass is 787 g/mol. The van der Waals surface area contributed by atoms with E-state index in [1.165, 1.54) is 24.3 Å². The van der Waals surface area contributed by atoms with E-state index in [-0.39, 0.29) is 37.7 Å². The smallest absolute Gasteiger partial charge is 0.445 e. The maximum atomic E-state index is 14.5. The molecule has 1 aliphatic rings. The van der Waals surface area contributed by atoms with Gasteiger partial charge in [0.2, 0.25) is 17.7 Å². The molecule has 0 spiro atoms. The summed E-state index contributed by atoms with van der Waals surface area (Å²) in [7, 11) is -4.87. The van der Waals surface area contributed by atoms with E-state index in [1.807, 2.05) is 13.0 Å². The zero-order chi connectivity index (χ0) is 38.5. The van der Waals surface area contributed by atoms with Gasteiger partial charge in [-0.15, -0.1) is 0 Å². The number of halogens is 2. The highest BCUT2D eigenvalue weighted by Gasteiger charge is 2.46. The summed E-state index contributed by atoms with van der Waals surface area (Å²) < 4.78 is 21.4. The van der Waals surface area contributed by atoms with Gasteiger partial charge in [0.15, 0.2) is 0 Å². The summed E-state index contributed by atoms with van der Waals surface area (Å²) >= 11 is 12.9. The number of fused-ring (bicyclic) bond motifs is 3. The Bertz CT molecular complexity index is 2040. The Labute approximate surface area is 315 Å². The summed E-state index contributed by atoms with van der Waals surface area (Å²) in [5.41, 5.74) is 7.28. The van der Waals surface area contributed by atoms with Crippen molar-refractivity contribution in [1.29, 1.82) is 0 Å². The third-order valence-corrected chi connectivity index (χ3v) is 10.4. The van der Waals surface area contributed by atoms with Crippen molar-refractivity contribution in [1.82, 2.24) is 20.9 Å². The van der Waals surface area contributed by atoms with Gasteiger partial charge in [0.1, 0.15) is 23.9 Å². The molecule has 0 fully saturated rings. The van der Waals surface area contributed by atoms with Gasteiger partial charge in [-0.25, -0.2) is 9.36 Å². The van der Waals surface area contributed by atoms with Crippen molar-refractivity contribution >= 4 is 65.7 Å². The van der Waals surface area contributed by atoms with Gasteiger partial charge in [0.05, 0.1) is 16.5 Å². The van der Waals surface area contributed by atoms with Gasteiger partial charge in [-0.05, 0) is 59.7 Å². The van der Waals surface area contributed by atoms with E-state index in [0.717, 1.165) is 11.3 Å². The van der Waals surface area contributed by atoms with E-state index >= 15 is 0 Å². The van der Waals surface area contributed by atoms with Crippen LogP contribution < -0.4 is 26.2 Å². The first-order valence-corrected chi connectivity index (χ1v) is 19.1. The second-order valence-corrected chi connectivity index (χ2v) is 15.0. The molecule has 1 aromatic heterocycles. The average Bonchev–Trinajstić information content (AvgIpc) is 3.47. The zero-order valence-corrected chi connectivity index (χ0v) is 31.3. The molecule has 5 rings (SSSR count). The highest BCUT2D eigenvalue weighted by Crippen LogP contribution is 2.40. The number of nitrogens with two attached hydrogens (primary N) is 1. The van der Waals surface area contributed by atoms with Crippen LogP contribution in [0.5, 0.6) is 5.75 Å². The fourth-order valence-corrected chi connectivity index (χ4v) is 7.32. The van der Waals surface area contributed by atoms with Crippen LogP contribution in [0.2, 0.25) is 10.0 Å². The quantitative estimate of drug-likeness (QED) is 0.0852. The molecule has 4 aromatic rings. The Balaban J connectivity index is 1.49. The summed E-state index contributed by atoms with van der Waals surface area (Å²) in [5, 5.41) is 9.78. The number of primary amides is 1. The largest absolute Gasteiger partial charge is 0.524 e. The van der Waals surface area contributed by atoms with Crippen molar-refractivity contribution < 1.29 is 42.8 Å². The van der Waals surface area contributed by atoms with E-state index in [9.17, 15) is 33.5 Å². The number of hydrogen-bond donors (Lipinski definition) is 7. The van der Waals surface area contributed by atoms with Crippen LogP contribution in [0.25, 0.3) is 10.9 Å². The lowest BCUT2D eigenvalue weighted by Crippen LogP contribution is -2.65. The summed E-state index contributed by atoms with van der Waals surface area (Å²) in [4.78, 5) is 76.1. The van der Waals surface area contributed by atoms with Crippen LogP contribution in [-0.2, 0) is 43.1 Å². The number of H-pyrrole nitrogens is 1. The third kappa shape index (κ3) is 9.70. The van der Waals surface area contributed by atoms with E-state index in [4.69, 9.17) is 33.7 Å². The average molecular weight is 789 g/mol. The zero-order valence-electron chi connectivity index (χ0n) is 28.9. The van der Waals surface area contributed by atoms with Crippen LogP contribution >= 0.6 is 31.0 Å². The Hall–Kier alpha value is -4.59. The number of aromatic nitrogens is 1. The first kappa shape index (κ1) is 39.6. The highest BCUT2D eigenvalue weighted by molar-refractivity contribution is 7.46. The second-order valence-electron chi connectivity index (χ2n) is 13.0. The van der Waals surface area contributed by atoms with Crippen LogP contribution in [0.15, 0.2) is 66.7 Å².